The summed E-state index contributed by atoms with van der Waals surface area (Å²) >= 11 is 0. The van der Waals surface area contributed by atoms with Gasteiger partial charge < -0.3 is 14.8 Å². The van der Waals surface area contributed by atoms with Crippen LogP contribution in [0.15, 0.2) is 30.6 Å². The molecular weight excluding hydrogens is 266 g/mol. The van der Waals surface area contributed by atoms with E-state index >= 15 is 0 Å². The summed E-state index contributed by atoms with van der Waals surface area (Å²) in [5.74, 6) is 1.77. The summed E-state index contributed by atoms with van der Waals surface area (Å²) in [7, 11) is 3.66. The molecule has 0 radical (unpaired) electrons. The van der Waals surface area contributed by atoms with Crippen LogP contribution in [0.1, 0.15) is 36.6 Å². The summed E-state index contributed by atoms with van der Waals surface area (Å²) < 4.78 is 13.4. The number of ether oxygens (including phenoxy) is 2. The monoisotopic (exact) mass is 287 g/mol. The Morgan fingerprint density at radius 2 is 2.33 bits per heavy atom. The van der Waals surface area contributed by atoms with Crippen LogP contribution >= 0.6 is 0 Å². The van der Waals surface area contributed by atoms with E-state index in [1.165, 1.54) is 0 Å². The molecule has 1 aromatic heterocycles. The van der Waals surface area contributed by atoms with E-state index in [0.29, 0.717) is 0 Å². The molecule has 1 aliphatic heterocycles. The van der Waals surface area contributed by atoms with Gasteiger partial charge in [0.1, 0.15) is 17.6 Å². The van der Waals surface area contributed by atoms with Gasteiger partial charge in [-0.15, -0.1) is 0 Å². The van der Waals surface area contributed by atoms with Gasteiger partial charge in [0.2, 0.25) is 0 Å². The third-order valence-corrected chi connectivity index (χ3v) is 4.01. The molecule has 112 valence electrons. The smallest absolute Gasteiger partial charge is 0.129 e. The van der Waals surface area contributed by atoms with Gasteiger partial charge in [-0.05, 0) is 32.2 Å². The molecule has 0 fully saturated rings. The lowest BCUT2D eigenvalue weighted by Gasteiger charge is -2.32. The number of methoxy groups -OCH3 is 1. The van der Waals surface area contributed by atoms with E-state index in [2.05, 4.69) is 23.5 Å². The maximum Gasteiger partial charge on any atom is 0.129 e. The Balaban J connectivity index is 1.91. The minimum absolute atomic E-state index is 0.0312. The molecule has 5 heteroatoms. The molecule has 2 heterocycles. The predicted octanol–water partition coefficient (Wildman–Crippen LogP) is 2.70. The molecule has 2 atom stereocenters. The molecule has 1 aromatic carbocycles. The number of aryl methyl sites for hydroxylation is 1. The molecule has 1 aliphatic rings. The number of rotatable bonds is 4. The van der Waals surface area contributed by atoms with E-state index in [1.54, 1.807) is 7.11 Å². The van der Waals surface area contributed by atoms with Crippen LogP contribution in [0.4, 0.5) is 0 Å². The first-order valence-electron chi connectivity index (χ1n) is 7.29. The van der Waals surface area contributed by atoms with Gasteiger partial charge in [-0.1, -0.05) is 0 Å². The number of nitrogens with one attached hydrogen (secondary N) is 1. The molecule has 2 unspecified atom stereocenters. The first kappa shape index (κ1) is 13.9. The van der Waals surface area contributed by atoms with E-state index in [4.69, 9.17) is 9.47 Å². The van der Waals surface area contributed by atoms with Crippen molar-refractivity contribution in [2.75, 3.05) is 14.2 Å². The highest BCUT2D eigenvalue weighted by molar-refractivity contribution is 5.44. The van der Waals surface area contributed by atoms with E-state index in [0.717, 1.165) is 35.6 Å². The van der Waals surface area contributed by atoms with Gasteiger partial charge >= 0.3 is 0 Å². The lowest BCUT2D eigenvalue weighted by molar-refractivity contribution is 0.153. The number of hydrogen-bond acceptors (Lipinski definition) is 4. The Labute approximate surface area is 124 Å². The fourth-order valence-electron chi connectivity index (χ4n) is 2.77. The molecule has 1 N–H and O–H groups in total. The van der Waals surface area contributed by atoms with Gasteiger partial charge in [-0.2, -0.15) is 5.10 Å². The van der Waals surface area contributed by atoms with E-state index in [9.17, 15) is 0 Å². The second kappa shape index (κ2) is 5.77. The van der Waals surface area contributed by atoms with Crippen molar-refractivity contribution in [2.45, 2.75) is 32.0 Å². The van der Waals surface area contributed by atoms with Crippen molar-refractivity contribution >= 4 is 0 Å². The van der Waals surface area contributed by atoms with Crippen LogP contribution in [0.3, 0.4) is 0 Å². The average molecular weight is 287 g/mol. The van der Waals surface area contributed by atoms with Gasteiger partial charge in [0.25, 0.3) is 0 Å². The van der Waals surface area contributed by atoms with Crippen LogP contribution in [0.25, 0.3) is 0 Å². The summed E-state index contributed by atoms with van der Waals surface area (Å²) in [6.07, 6.45) is 4.87. The highest BCUT2D eigenvalue weighted by Gasteiger charge is 2.29. The molecule has 0 bridgehead atoms. The summed E-state index contributed by atoms with van der Waals surface area (Å²) in [5.41, 5.74) is 2.27. The third kappa shape index (κ3) is 2.61. The van der Waals surface area contributed by atoms with Crippen molar-refractivity contribution < 1.29 is 9.47 Å². The number of benzene rings is 1. The number of nitrogens with zero attached hydrogens (tertiary/aromatic N) is 2. The molecule has 21 heavy (non-hydrogen) atoms. The van der Waals surface area contributed by atoms with Crippen molar-refractivity contribution in [3.8, 4) is 11.5 Å². The van der Waals surface area contributed by atoms with Gasteiger partial charge in [0, 0.05) is 36.3 Å². The zero-order valence-corrected chi connectivity index (χ0v) is 12.7. The highest BCUT2D eigenvalue weighted by Crippen LogP contribution is 2.41. The normalized spacial score (nSPS) is 20.7. The van der Waals surface area contributed by atoms with Crippen molar-refractivity contribution in [1.82, 2.24) is 15.1 Å². The molecule has 3 rings (SSSR count). The standard InChI is InChI=1S/C16H21N3O2/c1-4-19-10-11(9-18-19)16-8-14(17-2)13-7-12(20-3)5-6-15(13)21-16/h5-7,9-10,14,16-17H,4,8H2,1-3H3. The van der Waals surface area contributed by atoms with Crippen LogP contribution in [0.5, 0.6) is 11.5 Å². The molecular formula is C16H21N3O2. The minimum Gasteiger partial charge on any atom is -0.497 e. The van der Waals surface area contributed by atoms with E-state index in [1.807, 2.05) is 36.1 Å². The second-order valence-corrected chi connectivity index (χ2v) is 5.22. The SMILES string of the molecule is CCn1cc(C2CC(NC)c3cc(OC)ccc3O2)cn1. The first-order valence-corrected chi connectivity index (χ1v) is 7.29. The third-order valence-electron chi connectivity index (χ3n) is 4.01. The van der Waals surface area contributed by atoms with Crippen LogP contribution in [-0.2, 0) is 6.54 Å². The Hall–Kier alpha value is -2.01. The van der Waals surface area contributed by atoms with E-state index < -0.39 is 0 Å². The summed E-state index contributed by atoms with van der Waals surface area (Å²) in [4.78, 5) is 0. The second-order valence-electron chi connectivity index (χ2n) is 5.22. The Morgan fingerprint density at radius 1 is 1.48 bits per heavy atom. The van der Waals surface area contributed by atoms with Gasteiger partial charge in [0.05, 0.1) is 13.3 Å². The number of fused-ring (bicyclic) bond motifs is 1. The maximum absolute atomic E-state index is 6.16. The van der Waals surface area contributed by atoms with Crippen molar-refractivity contribution in [3.05, 3.63) is 41.7 Å². The lowest BCUT2D eigenvalue weighted by Crippen LogP contribution is -2.26. The van der Waals surface area contributed by atoms with Crippen molar-refractivity contribution in [1.29, 1.82) is 0 Å². The van der Waals surface area contributed by atoms with Crippen LogP contribution < -0.4 is 14.8 Å². The van der Waals surface area contributed by atoms with Gasteiger partial charge in [-0.3, -0.25) is 4.68 Å². The molecule has 0 amide bonds. The quantitative estimate of drug-likeness (QED) is 0.939. The van der Waals surface area contributed by atoms with Crippen LogP contribution in [-0.4, -0.2) is 23.9 Å². The zero-order valence-electron chi connectivity index (χ0n) is 12.7. The van der Waals surface area contributed by atoms with Crippen LogP contribution in [0, 0.1) is 0 Å². The average Bonchev–Trinajstić information content (AvgIpc) is 3.02. The van der Waals surface area contributed by atoms with E-state index in [-0.39, 0.29) is 12.1 Å². The van der Waals surface area contributed by atoms with Gasteiger partial charge in [-0.25, -0.2) is 0 Å². The zero-order chi connectivity index (χ0) is 14.8. The Bertz CT molecular complexity index is 624. The summed E-state index contributed by atoms with van der Waals surface area (Å²) in [6, 6.07) is 6.21. The Kier molecular flexibility index (Phi) is 3.84. The fraction of sp³-hybridized carbons (Fsp3) is 0.438. The summed E-state index contributed by atoms with van der Waals surface area (Å²) in [6.45, 7) is 2.95. The largest absolute Gasteiger partial charge is 0.497 e. The van der Waals surface area contributed by atoms with Crippen LogP contribution in [0.2, 0.25) is 0 Å². The molecule has 0 spiro atoms. The number of aromatic nitrogens is 2. The fourth-order valence-corrected chi connectivity index (χ4v) is 2.77. The molecule has 5 nitrogen and oxygen atoms in total. The highest BCUT2D eigenvalue weighted by atomic mass is 16.5. The minimum atomic E-state index is 0.0312. The summed E-state index contributed by atoms with van der Waals surface area (Å²) in [5, 5.41) is 7.71. The number of hydrogen-bond donors (Lipinski definition) is 1. The first-order chi connectivity index (χ1) is 10.2. The topological polar surface area (TPSA) is 48.3 Å². The maximum atomic E-state index is 6.16. The van der Waals surface area contributed by atoms with Crippen molar-refractivity contribution in [3.63, 3.8) is 0 Å². The lowest BCUT2D eigenvalue weighted by atomic mass is 9.94. The van der Waals surface area contributed by atoms with Crippen molar-refractivity contribution in [2.24, 2.45) is 0 Å². The van der Waals surface area contributed by atoms with Gasteiger partial charge in [0.15, 0.2) is 0 Å². The molecule has 0 aliphatic carbocycles. The Morgan fingerprint density at radius 3 is 3.00 bits per heavy atom. The predicted molar refractivity (Wildman–Crippen MR) is 80.7 cm³/mol. The molecule has 0 saturated carbocycles. The molecule has 2 aromatic rings. The molecule has 0 saturated heterocycles.